The van der Waals surface area contributed by atoms with Crippen molar-refractivity contribution in [1.82, 2.24) is 0 Å². The lowest BCUT2D eigenvalue weighted by atomic mass is 9.92. The molecule has 0 aliphatic rings. The van der Waals surface area contributed by atoms with Crippen LogP contribution in [0.25, 0.3) is 0 Å². The van der Waals surface area contributed by atoms with Crippen molar-refractivity contribution in [2.75, 3.05) is 0 Å². The molecule has 0 aliphatic heterocycles. The molecule has 0 fully saturated rings. The molecule has 0 saturated heterocycles. The van der Waals surface area contributed by atoms with Crippen LogP contribution in [0.2, 0.25) is 0 Å². The maximum absolute atomic E-state index is 13.6. The Kier molecular flexibility index (Phi) is 3.80. The number of rotatable bonds is 3. The molecule has 0 bridgehead atoms. The lowest BCUT2D eigenvalue weighted by molar-refractivity contribution is 0.422. The van der Waals surface area contributed by atoms with Crippen LogP contribution in [0.5, 0.6) is 0 Å². The van der Waals surface area contributed by atoms with Gasteiger partial charge in [0.2, 0.25) is 0 Å². The number of hydrogen-bond donors (Lipinski definition) is 1. The maximum Gasteiger partial charge on any atom is 0.163 e. The second-order valence-corrected chi connectivity index (χ2v) is 4.01. The smallest absolute Gasteiger partial charge is 0.163 e. The van der Waals surface area contributed by atoms with Gasteiger partial charge < -0.3 is 5.73 Å². The van der Waals surface area contributed by atoms with Crippen LogP contribution in [0.4, 0.5) is 8.78 Å². The molecule has 84 valence electrons. The van der Waals surface area contributed by atoms with Gasteiger partial charge in [-0.3, -0.25) is 0 Å². The minimum Gasteiger partial charge on any atom is -0.324 e. The van der Waals surface area contributed by atoms with E-state index in [2.05, 4.69) is 0 Å². The van der Waals surface area contributed by atoms with Gasteiger partial charge in [-0.25, -0.2) is 8.78 Å². The lowest BCUT2D eigenvalue weighted by Crippen LogP contribution is -2.20. The molecule has 0 spiro atoms. The fraction of sp³-hybridized carbons (Fsp3) is 0.500. The zero-order chi connectivity index (χ0) is 11.6. The fourth-order valence-corrected chi connectivity index (χ4v) is 1.48. The van der Waals surface area contributed by atoms with Crippen molar-refractivity contribution in [3.8, 4) is 0 Å². The van der Waals surface area contributed by atoms with E-state index in [4.69, 9.17) is 5.73 Å². The second-order valence-electron chi connectivity index (χ2n) is 4.01. The van der Waals surface area contributed by atoms with Gasteiger partial charge in [0.1, 0.15) is 0 Å². The van der Waals surface area contributed by atoms with E-state index in [1.54, 1.807) is 12.1 Å². The van der Waals surface area contributed by atoms with Gasteiger partial charge in [-0.1, -0.05) is 32.4 Å². The molecule has 1 aromatic rings. The summed E-state index contributed by atoms with van der Waals surface area (Å²) >= 11 is 0. The normalized spacial score (nSPS) is 15.1. The van der Waals surface area contributed by atoms with Gasteiger partial charge in [0.25, 0.3) is 0 Å². The molecule has 1 rings (SSSR count). The SMILES string of the molecule is CCC(C)[C@H](N)c1ccc(C)c(F)c1F. The Morgan fingerprint density at radius 2 is 1.87 bits per heavy atom. The highest BCUT2D eigenvalue weighted by Crippen LogP contribution is 2.26. The molecule has 1 nitrogen and oxygen atoms in total. The third kappa shape index (κ3) is 2.34. The summed E-state index contributed by atoms with van der Waals surface area (Å²) in [6.45, 7) is 5.45. The molecule has 0 saturated carbocycles. The summed E-state index contributed by atoms with van der Waals surface area (Å²) in [6, 6.07) is 2.70. The molecule has 2 atom stereocenters. The highest BCUT2D eigenvalue weighted by molar-refractivity contribution is 5.28. The molecular formula is C12H17F2N. The van der Waals surface area contributed by atoms with Crippen LogP contribution in [-0.2, 0) is 0 Å². The van der Waals surface area contributed by atoms with Crippen LogP contribution in [-0.4, -0.2) is 0 Å². The first-order chi connectivity index (χ1) is 6.99. The molecule has 1 aromatic carbocycles. The molecule has 3 heteroatoms. The van der Waals surface area contributed by atoms with Crippen LogP contribution < -0.4 is 5.73 Å². The number of hydrogen-bond acceptors (Lipinski definition) is 1. The molecule has 0 radical (unpaired) electrons. The third-order valence-corrected chi connectivity index (χ3v) is 2.92. The van der Waals surface area contributed by atoms with E-state index in [0.717, 1.165) is 6.42 Å². The molecule has 1 unspecified atom stereocenters. The van der Waals surface area contributed by atoms with Gasteiger partial charge in [0, 0.05) is 11.6 Å². The molecular weight excluding hydrogens is 196 g/mol. The Hall–Kier alpha value is -0.960. The van der Waals surface area contributed by atoms with Crippen LogP contribution in [0.1, 0.15) is 37.4 Å². The number of halogens is 2. The quantitative estimate of drug-likeness (QED) is 0.819. The zero-order valence-electron chi connectivity index (χ0n) is 9.35. The lowest BCUT2D eigenvalue weighted by Gasteiger charge is -2.19. The third-order valence-electron chi connectivity index (χ3n) is 2.92. The summed E-state index contributed by atoms with van der Waals surface area (Å²) in [4.78, 5) is 0. The topological polar surface area (TPSA) is 26.0 Å². The van der Waals surface area contributed by atoms with E-state index < -0.39 is 17.7 Å². The fourth-order valence-electron chi connectivity index (χ4n) is 1.48. The highest BCUT2D eigenvalue weighted by Gasteiger charge is 2.20. The highest BCUT2D eigenvalue weighted by atomic mass is 19.2. The van der Waals surface area contributed by atoms with Crippen molar-refractivity contribution >= 4 is 0 Å². The Labute approximate surface area is 89.3 Å². The van der Waals surface area contributed by atoms with Crippen LogP contribution in [0.15, 0.2) is 12.1 Å². The molecule has 15 heavy (non-hydrogen) atoms. The Bertz CT molecular complexity index is 350. The van der Waals surface area contributed by atoms with E-state index in [0.29, 0.717) is 5.56 Å². The predicted octanol–water partition coefficient (Wildman–Crippen LogP) is 3.32. The van der Waals surface area contributed by atoms with E-state index in [1.165, 1.54) is 6.92 Å². The van der Waals surface area contributed by atoms with E-state index in [9.17, 15) is 8.78 Å². The van der Waals surface area contributed by atoms with E-state index in [-0.39, 0.29) is 11.5 Å². The monoisotopic (exact) mass is 213 g/mol. The van der Waals surface area contributed by atoms with Crippen molar-refractivity contribution < 1.29 is 8.78 Å². The van der Waals surface area contributed by atoms with Gasteiger partial charge in [-0.2, -0.15) is 0 Å². The van der Waals surface area contributed by atoms with Crippen molar-refractivity contribution in [3.05, 3.63) is 34.9 Å². The summed E-state index contributed by atoms with van der Waals surface area (Å²) in [7, 11) is 0. The van der Waals surface area contributed by atoms with Crippen molar-refractivity contribution in [1.29, 1.82) is 0 Å². The molecule has 2 N–H and O–H groups in total. The molecule has 0 aromatic heterocycles. The summed E-state index contributed by atoms with van der Waals surface area (Å²) in [5.74, 6) is -1.45. The Morgan fingerprint density at radius 1 is 1.27 bits per heavy atom. The first-order valence-electron chi connectivity index (χ1n) is 5.19. The van der Waals surface area contributed by atoms with Gasteiger partial charge in [0.15, 0.2) is 11.6 Å². The minimum atomic E-state index is -0.803. The first kappa shape index (κ1) is 12.1. The van der Waals surface area contributed by atoms with Gasteiger partial charge in [0.05, 0.1) is 0 Å². The van der Waals surface area contributed by atoms with E-state index in [1.807, 2.05) is 13.8 Å². The average molecular weight is 213 g/mol. The molecule has 0 heterocycles. The van der Waals surface area contributed by atoms with Gasteiger partial charge >= 0.3 is 0 Å². The summed E-state index contributed by atoms with van der Waals surface area (Å²) < 4.78 is 26.8. The number of nitrogens with two attached hydrogens (primary N) is 1. The van der Waals surface area contributed by atoms with Crippen LogP contribution >= 0.6 is 0 Å². The Balaban J connectivity index is 3.10. The Morgan fingerprint density at radius 3 is 2.40 bits per heavy atom. The summed E-state index contributed by atoms with van der Waals surface area (Å²) in [5, 5.41) is 0. The predicted molar refractivity (Wildman–Crippen MR) is 57.5 cm³/mol. The second kappa shape index (κ2) is 4.71. The average Bonchev–Trinajstić information content (AvgIpc) is 2.24. The van der Waals surface area contributed by atoms with Crippen LogP contribution in [0, 0.1) is 24.5 Å². The largest absolute Gasteiger partial charge is 0.324 e. The molecule has 0 aliphatic carbocycles. The number of aryl methyl sites for hydroxylation is 1. The number of benzene rings is 1. The van der Waals surface area contributed by atoms with Crippen molar-refractivity contribution in [3.63, 3.8) is 0 Å². The van der Waals surface area contributed by atoms with E-state index >= 15 is 0 Å². The molecule has 0 amide bonds. The van der Waals surface area contributed by atoms with Crippen molar-refractivity contribution in [2.24, 2.45) is 11.7 Å². The standard InChI is InChI=1S/C12H17F2N/c1-4-7(2)12(15)9-6-5-8(3)10(13)11(9)14/h5-7,12H,4,15H2,1-3H3/t7?,12-/m0/s1. The first-order valence-corrected chi connectivity index (χ1v) is 5.19. The minimum absolute atomic E-state index is 0.140. The van der Waals surface area contributed by atoms with Gasteiger partial charge in [-0.05, 0) is 18.4 Å². The summed E-state index contributed by atoms with van der Waals surface area (Å²) in [6.07, 6.45) is 0.843. The van der Waals surface area contributed by atoms with Gasteiger partial charge in [-0.15, -0.1) is 0 Å². The zero-order valence-corrected chi connectivity index (χ0v) is 9.35. The van der Waals surface area contributed by atoms with Crippen molar-refractivity contribution in [2.45, 2.75) is 33.2 Å². The summed E-state index contributed by atoms with van der Waals surface area (Å²) in [5.41, 5.74) is 6.45. The van der Waals surface area contributed by atoms with Crippen LogP contribution in [0.3, 0.4) is 0 Å². The maximum atomic E-state index is 13.6.